The molecule has 5 nitrogen and oxygen atoms in total. The summed E-state index contributed by atoms with van der Waals surface area (Å²) in [5.74, 6) is 2.16. The highest BCUT2D eigenvalue weighted by Crippen LogP contribution is 2.16. The van der Waals surface area contributed by atoms with Crippen LogP contribution in [0.15, 0.2) is 4.52 Å². The van der Waals surface area contributed by atoms with Crippen LogP contribution < -0.4 is 5.73 Å². The Morgan fingerprint density at radius 3 is 3.00 bits per heavy atom. The third-order valence-corrected chi connectivity index (χ3v) is 3.10. The summed E-state index contributed by atoms with van der Waals surface area (Å²) in [5.41, 5.74) is 5.44. The molecule has 1 fully saturated rings. The van der Waals surface area contributed by atoms with Crippen LogP contribution in [0.4, 0.5) is 0 Å². The zero-order valence-electron chi connectivity index (χ0n) is 10.2. The number of aryl methyl sites for hydroxylation is 1. The van der Waals surface area contributed by atoms with Gasteiger partial charge in [-0.3, -0.25) is 0 Å². The van der Waals surface area contributed by atoms with Crippen molar-refractivity contribution in [3.8, 4) is 0 Å². The van der Waals surface area contributed by atoms with E-state index in [4.69, 9.17) is 15.0 Å². The minimum atomic E-state index is 0.567. The lowest BCUT2D eigenvalue weighted by Crippen LogP contribution is -2.05. The molecular weight excluding hydrogens is 218 g/mol. The lowest BCUT2D eigenvalue weighted by molar-refractivity contribution is 0.185. The zero-order chi connectivity index (χ0) is 11.9. The Morgan fingerprint density at radius 1 is 1.29 bits per heavy atom. The van der Waals surface area contributed by atoms with E-state index in [1.165, 1.54) is 0 Å². The van der Waals surface area contributed by atoms with Gasteiger partial charge in [0.1, 0.15) is 0 Å². The molecule has 5 heteroatoms. The normalized spacial score (nSPS) is 19.9. The third-order valence-electron chi connectivity index (χ3n) is 3.10. The van der Waals surface area contributed by atoms with Crippen LogP contribution in [0.5, 0.6) is 0 Å². The van der Waals surface area contributed by atoms with Crippen LogP contribution in [0.2, 0.25) is 0 Å². The van der Waals surface area contributed by atoms with Gasteiger partial charge in [0.05, 0.1) is 0 Å². The van der Waals surface area contributed by atoms with Crippen molar-refractivity contribution < 1.29 is 9.26 Å². The molecule has 17 heavy (non-hydrogen) atoms. The number of nitrogens with two attached hydrogens (primary N) is 1. The number of ether oxygens (including phenoxy) is 1. The lowest BCUT2D eigenvalue weighted by Gasteiger charge is -2.00. The standard InChI is InChI=1S/C12H21N3O2/c13-6-3-1-2-4-12-14-11(15-17-12)8-10-5-7-16-9-10/h10H,1-9,13H2. The molecule has 0 saturated carbocycles. The molecular formula is C12H21N3O2. The van der Waals surface area contributed by atoms with Gasteiger partial charge in [0.2, 0.25) is 5.89 Å². The summed E-state index contributed by atoms with van der Waals surface area (Å²) < 4.78 is 10.6. The minimum absolute atomic E-state index is 0.567. The summed E-state index contributed by atoms with van der Waals surface area (Å²) >= 11 is 0. The molecule has 1 unspecified atom stereocenters. The molecule has 1 aromatic heterocycles. The fourth-order valence-corrected chi connectivity index (χ4v) is 2.07. The predicted molar refractivity (Wildman–Crippen MR) is 63.5 cm³/mol. The highest BCUT2D eigenvalue weighted by molar-refractivity contribution is 4.89. The summed E-state index contributed by atoms with van der Waals surface area (Å²) in [6.07, 6.45) is 6.14. The average Bonchev–Trinajstić information content (AvgIpc) is 2.97. The Bertz CT molecular complexity index is 321. The van der Waals surface area contributed by atoms with Gasteiger partial charge in [-0.15, -0.1) is 0 Å². The van der Waals surface area contributed by atoms with Crippen LogP contribution in [-0.2, 0) is 17.6 Å². The summed E-state index contributed by atoms with van der Waals surface area (Å²) in [7, 11) is 0. The summed E-state index contributed by atoms with van der Waals surface area (Å²) in [5, 5.41) is 4.01. The third kappa shape index (κ3) is 4.09. The first kappa shape index (κ1) is 12.5. The molecule has 0 radical (unpaired) electrons. The van der Waals surface area contributed by atoms with Gasteiger partial charge in [0.15, 0.2) is 5.82 Å². The van der Waals surface area contributed by atoms with Crippen LogP contribution >= 0.6 is 0 Å². The Labute approximate surface area is 102 Å². The second kappa shape index (κ2) is 6.71. The Morgan fingerprint density at radius 2 is 2.24 bits per heavy atom. The van der Waals surface area contributed by atoms with E-state index in [1.54, 1.807) is 0 Å². The quantitative estimate of drug-likeness (QED) is 0.726. The first-order valence-electron chi connectivity index (χ1n) is 6.47. The molecule has 2 N–H and O–H groups in total. The first-order valence-corrected chi connectivity index (χ1v) is 6.47. The SMILES string of the molecule is NCCCCCc1nc(CC2CCOC2)no1. The van der Waals surface area contributed by atoms with E-state index in [9.17, 15) is 0 Å². The second-order valence-electron chi connectivity index (χ2n) is 4.64. The van der Waals surface area contributed by atoms with Crippen molar-refractivity contribution in [2.45, 2.75) is 38.5 Å². The second-order valence-corrected chi connectivity index (χ2v) is 4.64. The van der Waals surface area contributed by atoms with Crippen LogP contribution in [0.3, 0.4) is 0 Å². The van der Waals surface area contributed by atoms with Gasteiger partial charge in [-0.05, 0) is 31.7 Å². The largest absolute Gasteiger partial charge is 0.381 e. The average molecular weight is 239 g/mol. The van der Waals surface area contributed by atoms with Crippen molar-refractivity contribution in [1.82, 2.24) is 10.1 Å². The molecule has 1 aliphatic heterocycles. The molecule has 0 spiro atoms. The minimum Gasteiger partial charge on any atom is -0.381 e. The molecule has 0 aliphatic carbocycles. The van der Waals surface area contributed by atoms with E-state index in [-0.39, 0.29) is 0 Å². The van der Waals surface area contributed by atoms with Gasteiger partial charge in [0, 0.05) is 26.1 Å². The maximum Gasteiger partial charge on any atom is 0.226 e. The molecule has 1 aliphatic rings. The van der Waals surface area contributed by atoms with E-state index < -0.39 is 0 Å². The topological polar surface area (TPSA) is 74.2 Å². The van der Waals surface area contributed by atoms with Gasteiger partial charge in [-0.2, -0.15) is 4.98 Å². The lowest BCUT2D eigenvalue weighted by atomic mass is 10.1. The molecule has 1 atom stereocenters. The molecule has 2 heterocycles. The molecule has 1 aromatic rings. The van der Waals surface area contributed by atoms with E-state index in [0.29, 0.717) is 5.92 Å². The number of hydrogen-bond donors (Lipinski definition) is 1. The van der Waals surface area contributed by atoms with Gasteiger partial charge >= 0.3 is 0 Å². The maximum atomic E-state index is 5.44. The molecule has 2 rings (SSSR count). The fourth-order valence-electron chi connectivity index (χ4n) is 2.07. The summed E-state index contributed by atoms with van der Waals surface area (Å²) in [6.45, 7) is 2.46. The van der Waals surface area contributed by atoms with Crippen molar-refractivity contribution in [2.24, 2.45) is 11.7 Å². The first-order chi connectivity index (χ1) is 8.38. The van der Waals surface area contributed by atoms with Gasteiger partial charge in [-0.1, -0.05) is 11.6 Å². The Hall–Kier alpha value is -0.940. The van der Waals surface area contributed by atoms with E-state index in [0.717, 1.165) is 70.0 Å². The zero-order valence-corrected chi connectivity index (χ0v) is 10.2. The summed E-state index contributed by atoms with van der Waals surface area (Å²) in [6, 6.07) is 0. The van der Waals surface area contributed by atoms with Crippen LogP contribution in [0.25, 0.3) is 0 Å². The molecule has 0 bridgehead atoms. The fraction of sp³-hybridized carbons (Fsp3) is 0.833. The van der Waals surface area contributed by atoms with Crippen LogP contribution in [-0.4, -0.2) is 29.9 Å². The Balaban J connectivity index is 1.71. The monoisotopic (exact) mass is 239 g/mol. The molecule has 1 saturated heterocycles. The number of unbranched alkanes of at least 4 members (excludes halogenated alkanes) is 2. The van der Waals surface area contributed by atoms with Crippen molar-refractivity contribution >= 4 is 0 Å². The highest BCUT2D eigenvalue weighted by Gasteiger charge is 2.18. The molecule has 0 aromatic carbocycles. The van der Waals surface area contributed by atoms with Crippen LogP contribution in [0.1, 0.15) is 37.4 Å². The number of hydrogen-bond acceptors (Lipinski definition) is 5. The highest BCUT2D eigenvalue weighted by atomic mass is 16.5. The van der Waals surface area contributed by atoms with E-state index >= 15 is 0 Å². The van der Waals surface area contributed by atoms with Gasteiger partial charge < -0.3 is 15.0 Å². The summed E-state index contributed by atoms with van der Waals surface area (Å²) in [4.78, 5) is 4.41. The van der Waals surface area contributed by atoms with Gasteiger partial charge in [0.25, 0.3) is 0 Å². The molecule has 96 valence electrons. The Kier molecular flexibility index (Phi) is 4.94. The van der Waals surface area contributed by atoms with Gasteiger partial charge in [-0.25, -0.2) is 0 Å². The number of rotatable bonds is 7. The van der Waals surface area contributed by atoms with Crippen LogP contribution in [0, 0.1) is 5.92 Å². The van der Waals surface area contributed by atoms with Crippen molar-refractivity contribution in [1.29, 1.82) is 0 Å². The smallest absolute Gasteiger partial charge is 0.226 e. The van der Waals surface area contributed by atoms with E-state index in [2.05, 4.69) is 10.1 Å². The number of aromatic nitrogens is 2. The van der Waals surface area contributed by atoms with Crippen molar-refractivity contribution in [3.63, 3.8) is 0 Å². The molecule has 0 amide bonds. The maximum absolute atomic E-state index is 5.44. The van der Waals surface area contributed by atoms with Crippen molar-refractivity contribution in [3.05, 3.63) is 11.7 Å². The predicted octanol–water partition coefficient (Wildman–Crippen LogP) is 1.32. The van der Waals surface area contributed by atoms with E-state index in [1.807, 2.05) is 0 Å². The van der Waals surface area contributed by atoms with Crippen molar-refractivity contribution in [2.75, 3.05) is 19.8 Å². The number of nitrogens with zero attached hydrogens (tertiary/aromatic N) is 2.